The Balaban J connectivity index is 1.72. The first-order chi connectivity index (χ1) is 14.0. The Kier molecular flexibility index (Phi) is 5.62. The van der Waals surface area contributed by atoms with E-state index in [2.05, 4.69) is 10.1 Å². The predicted octanol–water partition coefficient (Wildman–Crippen LogP) is 3.99. The van der Waals surface area contributed by atoms with E-state index in [-0.39, 0.29) is 31.2 Å². The summed E-state index contributed by atoms with van der Waals surface area (Å²) in [6, 6.07) is 3.49. The van der Waals surface area contributed by atoms with Crippen molar-refractivity contribution in [2.75, 3.05) is 18.4 Å². The first-order valence-corrected chi connectivity index (χ1v) is 9.79. The highest BCUT2D eigenvalue weighted by Gasteiger charge is 2.33. The molecular weight excluding hydrogens is 382 g/mol. The maximum absolute atomic E-state index is 13.6. The lowest BCUT2D eigenvalue weighted by molar-refractivity contribution is -0.0393. The SMILES string of the molecule is OCN(O)c1c(-c2ccn(C3CCCCO3)n2)ccnc1C1=CCC(F)(F)CC1. The lowest BCUT2D eigenvalue weighted by Gasteiger charge is -2.25. The largest absolute Gasteiger partial charge is 0.374 e. The number of alkyl halides is 2. The Hall–Kier alpha value is -2.36. The van der Waals surface area contributed by atoms with Gasteiger partial charge in [0.25, 0.3) is 5.92 Å². The summed E-state index contributed by atoms with van der Waals surface area (Å²) in [5.41, 5.74) is 2.38. The van der Waals surface area contributed by atoms with Crippen LogP contribution in [0, 0.1) is 0 Å². The van der Waals surface area contributed by atoms with E-state index in [9.17, 15) is 19.1 Å². The topological polar surface area (TPSA) is 83.6 Å². The van der Waals surface area contributed by atoms with Crippen LogP contribution < -0.4 is 5.06 Å². The van der Waals surface area contributed by atoms with E-state index < -0.39 is 12.7 Å². The number of pyridine rings is 1. The van der Waals surface area contributed by atoms with E-state index >= 15 is 0 Å². The monoisotopic (exact) mass is 406 g/mol. The van der Waals surface area contributed by atoms with Gasteiger partial charge in [0.1, 0.15) is 18.6 Å². The van der Waals surface area contributed by atoms with Crippen molar-refractivity contribution in [3.63, 3.8) is 0 Å². The number of hydrogen-bond donors (Lipinski definition) is 2. The van der Waals surface area contributed by atoms with E-state index in [1.54, 1.807) is 23.0 Å². The second-order valence-corrected chi connectivity index (χ2v) is 7.39. The van der Waals surface area contributed by atoms with Crippen molar-refractivity contribution in [2.45, 2.75) is 50.7 Å². The summed E-state index contributed by atoms with van der Waals surface area (Å²) >= 11 is 0. The van der Waals surface area contributed by atoms with Gasteiger partial charge in [-0.15, -0.1) is 0 Å². The number of hydrogen-bond acceptors (Lipinski definition) is 6. The van der Waals surface area contributed by atoms with Gasteiger partial charge in [-0.3, -0.25) is 10.2 Å². The number of rotatable bonds is 5. The third-order valence-electron chi connectivity index (χ3n) is 5.36. The van der Waals surface area contributed by atoms with Crippen molar-refractivity contribution < 1.29 is 23.8 Å². The smallest absolute Gasteiger partial charge is 0.251 e. The highest BCUT2D eigenvalue weighted by Crippen LogP contribution is 2.41. The maximum Gasteiger partial charge on any atom is 0.251 e. The van der Waals surface area contributed by atoms with Crippen LogP contribution in [0.15, 0.2) is 30.6 Å². The number of allylic oxidation sites excluding steroid dienone is 2. The molecule has 0 amide bonds. The first-order valence-electron chi connectivity index (χ1n) is 9.79. The lowest BCUT2D eigenvalue weighted by atomic mass is 9.92. The standard InChI is InChI=1S/C20H24F2N4O3/c21-20(22)8-4-14(5-9-20)18-19(26(28)13-27)15(6-10-23-18)16-7-11-25(24-16)17-3-1-2-12-29-17/h4,6-7,10-11,17,27-28H,1-3,5,8-9,12-13H2. The lowest BCUT2D eigenvalue weighted by Crippen LogP contribution is -2.23. The van der Waals surface area contributed by atoms with Crippen LogP contribution in [-0.2, 0) is 4.74 Å². The summed E-state index contributed by atoms with van der Waals surface area (Å²) in [5.74, 6) is -2.73. The van der Waals surface area contributed by atoms with Gasteiger partial charge in [-0.25, -0.2) is 18.5 Å². The Bertz CT molecular complexity index is 894. The minimum atomic E-state index is -2.73. The molecule has 3 heterocycles. The van der Waals surface area contributed by atoms with Gasteiger partial charge in [0.2, 0.25) is 0 Å². The van der Waals surface area contributed by atoms with Gasteiger partial charge in [-0.2, -0.15) is 5.10 Å². The third-order valence-corrected chi connectivity index (χ3v) is 5.36. The van der Waals surface area contributed by atoms with Gasteiger partial charge < -0.3 is 9.84 Å². The van der Waals surface area contributed by atoms with Gasteiger partial charge in [0, 0.05) is 37.4 Å². The molecule has 2 N–H and O–H groups in total. The van der Waals surface area contributed by atoms with Gasteiger partial charge in [0.05, 0.1) is 11.4 Å². The molecule has 4 rings (SSSR count). The highest BCUT2D eigenvalue weighted by atomic mass is 19.3. The number of nitrogens with zero attached hydrogens (tertiary/aromatic N) is 4. The average molecular weight is 406 g/mol. The van der Waals surface area contributed by atoms with Crippen LogP contribution in [-0.4, -0.2) is 44.3 Å². The molecule has 1 saturated heterocycles. The molecule has 0 saturated carbocycles. The molecule has 0 bridgehead atoms. The number of ether oxygens (including phenoxy) is 1. The van der Waals surface area contributed by atoms with Crippen LogP contribution >= 0.6 is 0 Å². The molecule has 1 atom stereocenters. The van der Waals surface area contributed by atoms with Gasteiger partial charge in [-0.1, -0.05) is 6.08 Å². The second-order valence-electron chi connectivity index (χ2n) is 7.39. The summed E-state index contributed by atoms with van der Waals surface area (Å²) in [6.45, 7) is 0.0276. The molecule has 9 heteroatoms. The molecule has 7 nitrogen and oxygen atoms in total. The number of halogens is 2. The zero-order chi connectivity index (χ0) is 20.4. The van der Waals surface area contributed by atoms with E-state index in [1.807, 2.05) is 6.20 Å². The van der Waals surface area contributed by atoms with Crippen molar-refractivity contribution >= 4 is 11.3 Å². The van der Waals surface area contributed by atoms with Crippen LogP contribution in [0.3, 0.4) is 0 Å². The minimum absolute atomic E-state index is 0.131. The fourth-order valence-corrected chi connectivity index (χ4v) is 3.81. The third kappa shape index (κ3) is 4.17. The molecule has 1 aliphatic carbocycles. The fraction of sp³-hybridized carbons (Fsp3) is 0.500. The number of aromatic nitrogens is 3. The molecule has 2 aliphatic rings. The molecule has 29 heavy (non-hydrogen) atoms. The summed E-state index contributed by atoms with van der Waals surface area (Å²) < 4.78 is 34.6. The van der Waals surface area contributed by atoms with E-state index in [4.69, 9.17) is 4.74 Å². The van der Waals surface area contributed by atoms with E-state index in [1.165, 1.54) is 6.08 Å². The van der Waals surface area contributed by atoms with Crippen molar-refractivity contribution in [1.29, 1.82) is 0 Å². The van der Waals surface area contributed by atoms with Gasteiger partial charge in [0.15, 0.2) is 0 Å². The zero-order valence-electron chi connectivity index (χ0n) is 16.0. The van der Waals surface area contributed by atoms with Crippen molar-refractivity contribution in [3.05, 3.63) is 36.3 Å². The van der Waals surface area contributed by atoms with E-state index in [0.717, 1.165) is 19.3 Å². The molecule has 2 aromatic heterocycles. The Labute approximate surface area is 167 Å². The second kappa shape index (κ2) is 8.17. The van der Waals surface area contributed by atoms with Crippen LogP contribution in [0.2, 0.25) is 0 Å². The minimum Gasteiger partial charge on any atom is -0.374 e. The number of aliphatic hydroxyl groups is 1. The molecule has 0 radical (unpaired) electrons. The van der Waals surface area contributed by atoms with Crippen LogP contribution in [0.4, 0.5) is 14.5 Å². The number of anilines is 1. The maximum atomic E-state index is 13.6. The summed E-state index contributed by atoms with van der Waals surface area (Å²) in [4.78, 5) is 4.32. The van der Waals surface area contributed by atoms with E-state index in [0.29, 0.717) is 34.2 Å². The Morgan fingerprint density at radius 3 is 2.86 bits per heavy atom. The zero-order valence-corrected chi connectivity index (χ0v) is 16.0. The Morgan fingerprint density at radius 1 is 1.31 bits per heavy atom. The van der Waals surface area contributed by atoms with Crippen molar-refractivity contribution in [2.24, 2.45) is 0 Å². The summed E-state index contributed by atoms with van der Waals surface area (Å²) in [5, 5.41) is 25.2. The Morgan fingerprint density at radius 2 is 2.17 bits per heavy atom. The highest BCUT2D eigenvalue weighted by molar-refractivity contribution is 5.85. The van der Waals surface area contributed by atoms with Gasteiger partial charge >= 0.3 is 0 Å². The molecular formula is C20H24F2N4O3. The predicted molar refractivity (Wildman–Crippen MR) is 102 cm³/mol. The van der Waals surface area contributed by atoms with Crippen LogP contribution in [0.1, 0.15) is 50.4 Å². The van der Waals surface area contributed by atoms with Crippen molar-refractivity contribution in [1.82, 2.24) is 14.8 Å². The molecule has 156 valence electrons. The molecule has 1 aliphatic heterocycles. The molecule has 1 unspecified atom stereocenters. The van der Waals surface area contributed by atoms with Gasteiger partial charge in [-0.05, 0) is 43.4 Å². The molecule has 0 aromatic carbocycles. The summed E-state index contributed by atoms with van der Waals surface area (Å²) in [6.07, 6.45) is 7.17. The average Bonchev–Trinajstić information content (AvgIpc) is 3.23. The summed E-state index contributed by atoms with van der Waals surface area (Å²) in [7, 11) is 0. The van der Waals surface area contributed by atoms with Crippen molar-refractivity contribution in [3.8, 4) is 11.3 Å². The molecule has 1 fully saturated rings. The first kappa shape index (κ1) is 19.9. The normalized spacial score (nSPS) is 21.7. The number of aliphatic hydroxyl groups excluding tert-OH is 1. The number of hydroxylamine groups is 1. The molecule has 0 spiro atoms. The van der Waals surface area contributed by atoms with Crippen LogP contribution in [0.25, 0.3) is 16.8 Å². The quantitative estimate of drug-likeness (QED) is 0.577. The molecule has 2 aromatic rings. The van der Waals surface area contributed by atoms with Crippen LogP contribution in [0.5, 0.6) is 0 Å². The fourth-order valence-electron chi connectivity index (χ4n) is 3.81.